The molecule has 5 heteroatoms. The highest BCUT2D eigenvalue weighted by Gasteiger charge is 2.08. The standard InChI is InChI=1S/C21H23N3OS/c1-3-4-14-25-19-12-10-17(11-13-19)15-22-24-21-23-20(16(2)26-21)18-8-6-5-7-9-18/h5-13,15H,3-4,14H2,1-2H3,(H,23,24)/b22-15+. The Hall–Kier alpha value is -2.66. The Kier molecular flexibility index (Phi) is 6.39. The molecule has 4 nitrogen and oxygen atoms in total. The molecule has 1 N–H and O–H groups in total. The summed E-state index contributed by atoms with van der Waals surface area (Å²) >= 11 is 1.60. The Balaban J connectivity index is 1.59. The average Bonchev–Trinajstić information content (AvgIpc) is 3.04. The fraction of sp³-hybridized carbons (Fsp3) is 0.238. The smallest absolute Gasteiger partial charge is 0.204 e. The lowest BCUT2D eigenvalue weighted by Gasteiger charge is -2.04. The van der Waals surface area contributed by atoms with Gasteiger partial charge in [0, 0.05) is 10.4 Å². The quantitative estimate of drug-likeness (QED) is 0.314. The lowest BCUT2D eigenvalue weighted by molar-refractivity contribution is 0.309. The minimum absolute atomic E-state index is 0.763. The van der Waals surface area contributed by atoms with E-state index in [1.165, 1.54) is 4.88 Å². The van der Waals surface area contributed by atoms with Crippen molar-refractivity contribution >= 4 is 22.7 Å². The zero-order valence-corrected chi connectivity index (χ0v) is 15.9. The van der Waals surface area contributed by atoms with Crippen LogP contribution in [0.1, 0.15) is 30.2 Å². The number of anilines is 1. The molecule has 1 aromatic heterocycles. The van der Waals surface area contributed by atoms with E-state index in [4.69, 9.17) is 4.74 Å². The van der Waals surface area contributed by atoms with E-state index in [0.29, 0.717) is 0 Å². The number of thiazole rings is 1. The molecule has 0 spiro atoms. The second-order valence-electron chi connectivity index (χ2n) is 5.93. The number of hydrogen-bond acceptors (Lipinski definition) is 5. The van der Waals surface area contributed by atoms with Crippen molar-refractivity contribution < 1.29 is 4.74 Å². The Bertz CT molecular complexity index is 841. The predicted molar refractivity (Wildman–Crippen MR) is 110 cm³/mol. The van der Waals surface area contributed by atoms with Gasteiger partial charge in [0.15, 0.2) is 0 Å². The maximum absolute atomic E-state index is 5.66. The van der Waals surface area contributed by atoms with Crippen LogP contribution in [-0.2, 0) is 0 Å². The van der Waals surface area contributed by atoms with Crippen LogP contribution >= 0.6 is 11.3 Å². The van der Waals surface area contributed by atoms with Gasteiger partial charge in [-0.3, -0.25) is 5.43 Å². The second kappa shape index (κ2) is 9.15. The normalized spacial score (nSPS) is 11.0. The number of hydrogen-bond donors (Lipinski definition) is 1. The number of ether oxygens (including phenoxy) is 1. The van der Waals surface area contributed by atoms with Crippen molar-refractivity contribution in [1.29, 1.82) is 0 Å². The van der Waals surface area contributed by atoms with E-state index in [1.807, 2.05) is 42.5 Å². The van der Waals surface area contributed by atoms with Crippen LogP contribution in [0.5, 0.6) is 5.75 Å². The van der Waals surface area contributed by atoms with E-state index in [2.05, 4.69) is 41.5 Å². The summed E-state index contributed by atoms with van der Waals surface area (Å²) in [6.45, 7) is 4.99. The lowest BCUT2D eigenvalue weighted by Crippen LogP contribution is -1.96. The molecular weight excluding hydrogens is 342 g/mol. The van der Waals surface area contributed by atoms with Gasteiger partial charge in [0.05, 0.1) is 18.5 Å². The highest BCUT2D eigenvalue weighted by atomic mass is 32.1. The third-order valence-electron chi connectivity index (χ3n) is 3.86. The van der Waals surface area contributed by atoms with Gasteiger partial charge in [-0.2, -0.15) is 5.10 Å². The SMILES string of the molecule is CCCCOc1ccc(/C=N/Nc2nc(-c3ccccc3)c(C)s2)cc1. The summed E-state index contributed by atoms with van der Waals surface area (Å²) in [5.74, 6) is 0.895. The van der Waals surface area contributed by atoms with Crippen molar-refractivity contribution in [2.24, 2.45) is 5.10 Å². The van der Waals surface area contributed by atoms with Gasteiger partial charge in [-0.15, -0.1) is 11.3 Å². The van der Waals surface area contributed by atoms with E-state index in [0.717, 1.165) is 47.2 Å². The number of rotatable bonds is 8. The summed E-state index contributed by atoms with van der Waals surface area (Å²) in [5.41, 5.74) is 6.16. The minimum atomic E-state index is 0.763. The molecule has 2 aromatic carbocycles. The molecular formula is C21H23N3OS. The van der Waals surface area contributed by atoms with Gasteiger partial charge in [-0.05, 0) is 43.2 Å². The highest BCUT2D eigenvalue weighted by Crippen LogP contribution is 2.30. The molecule has 0 aliphatic carbocycles. The number of hydrazone groups is 1. The van der Waals surface area contributed by atoms with Crippen molar-refractivity contribution in [1.82, 2.24) is 4.98 Å². The summed E-state index contributed by atoms with van der Waals surface area (Å²) in [6.07, 6.45) is 4.00. The molecule has 0 fully saturated rings. The first-order valence-corrected chi connectivity index (χ1v) is 9.62. The molecule has 0 radical (unpaired) electrons. The van der Waals surface area contributed by atoms with Crippen molar-refractivity contribution in [3.8, 4) is 17.0 Å². The van der Waals surface area contributed by atoms with Gasteiger partial charge >= 0.3 is 0 Å². The van der Waals surface area contributed by atoms with Crippen LogP contribution in [0.15, 0.2) is 59.7 Å². The van der Waals surface area contributed by atoms with Gasteiger partial charge in [-0.25, -0.2) is 4.98 Å². The number of aromatic nitrogens is 1. The Labute approximate surface area is 158 Å². The van der Waals surface area contributed by atoms with Crippen LogP contribution in [0, 0.1) is 6.92 Å². The third kappa shape index (κ3) is 4.92. The van der Waals surface area contributed by atoms with Crippen molar-refractivity contribution in [3.05, 3.63) is 65.0 Å². The first-order chi connectivity index (χ1) is 12.8. The van der Waals surface area contributed by atoms with Gasteiger partial charge < -0.3 is 4.74 Å². The minimum Gasteiger partial charge on any atom is -0.494 e. The predicted octanol–water partition coefficient (Wildman–Crippen LogP) is 5.74. The molecule has 0 unspecified atom stereocenters. The van der Waals surface area contributed by atoms with Crippen LogP contribution in [0.3, 0.4) is 0 Å². The molecule has 1 heterocycles. The van der Waals surface area contributed by atoms with Crippen LogP contribution in [0.4, 0.5) is 5.13 Å². The van der Waals surface area contributed by atoms with Crippen LogP contribution < -0.4 is 10.2 Å². The van der Waals surface area contributed by atoms with E-state index >= 15 is 0 Å². The summed E-state index contributed by atoms with van der Waals surface area (Å²) in [7, 11) is 0. The largest absolute Gasteiger partial charge is 0.494 e. The molecule has 0 bridgehead atoms. The van der Waals surface area contributed by atoms with Crippen LogP contribution in [-0.4, -0.2) is 17.8 Å². The number of unbranched alkanes of at least 4 members (excludes halogenated alkanes) is 1. The van der Waals surface area contributed by atoms with Gasteiger partial charge in [0.2, 0.25) is 5.13 Å². The van der Waals surface area contributed by atoms with Crippen molar-refractivity contribution in [2.45, 2.75) is 26.7 Å². The van der Waals surface area contributed by atoms with Gasteiger partial charge in [0.1, 0.15) is 5.75 Å². The molecule has 0 aliphatic heterocycles. The molecule has 0 aliphatic rings. The van der Waals surface area contributed by atoms with E-state index in [1.54, 1.807) is 17.6 Å². The number of benzene rings is 2. The van der Waals surface area contributed by atoms with Gasteiger partial charge in [-0.1, -0.05) is 43.7 Å². The van der Waals surface area contributed by atoms with E-state index in [9.17, 15) is 0 Å². The maximum Gasteiger partial charge on any atom is 0.204 e. The van der Waals surface area contributed by atoms with E-state index < -0.39 is 0 Å². The molecule has 0 atom stereocenters. The zero-order chi connectivity index (χ0) is 18.2. The summed E-state index contributed by atoms with van der Waals surface area (Å²) < 4.78 is 5.66. The zero-order valence-electron chi connectivity index (χ0n) is 15.1. The van der Waals surface area contributed by atoms with Crippen molar-refractivity contribution in [2.75, 3.05) is 12.0 Å². The summed E-state index contributed by atoms with van der Waals surface area (Å²) in [4.78, 5) is 5.81. The van der Waals surface area contributed by atoms with Crippen LogP contribution in [0.25, 0.3) is 11.3 Å². The third-order valence-corrected chi connectivity index (χ3v) is 4.74. The molecule has 0 saturated heterocycles. The number of nitrogens with zero attached hydrogens (tertiary/aromatic N) is 2. The average molecular weight is 366 g/mol. The number of nitrogens with one attached hydrogen (secondary N) is 1. The maximum atomic E-state index is 5.66. The molecule has 26 heavy (non-hydrogen) atoms. The number of aryl methyl sites for hydroxylation is 1. The van der Waals surface area contributed by atoms with Crippen molar-refractivity contribution in [3.63, 3.8) is 0 Å². The molecule has 0 amide bonds. The summed E-state index contributed by atoms with van der Waals surface area (Å²) in [6, 6.07) is 18.1. The molecule has 3 aromatic rings. The van der Waals surface area contributed by atoms with E-state index in [-0.39, 0.29) is 0 Å². The highest BCUT2D eigenvalue weighted by molar-refractivity contribution is 7.15. The van der Waals surface area contributed by atoms with Gasteiger partial charge in [0.25, 0.3) is 0 Å². The fourth-order valence-electron chi connectivity index (χ4n) is 2.45. The first kappa shape index (κ1) is 18.1. The first-order valence-electron chi connectivity index (χ1n) is 8.81. The monoisotopic (exact) mass is 365 g/mol. The Morgan fingerprint density at radius 1 is 1.12 bits per heavy atom. The van der Waals surface area contributed by atoms with Crippen LogP contribution in [0.2, 0.25) is 0 Å². The Morgan fingerprint density at radius 3 is 2.62 bits per heavy atom. The topological polar surface area (TPSA) is 46.5 Å². The fourth-order valence-corrected chi connectivity index (χ4v) is 3.24. The lowest BCUT2D eigenvalue weighted by atomic mass is 10.1. The molecule has 134 valence electrons. The second-order valence-corrected chi connectivity index (χ2v) is 7.13. The molecule has 3 rings (SSSR count). The summed E-state index contributed by atoms with van der Waals surface area (Å²) in [5, 5.41) is 5.09. The molecule has 0 saturated carbocycles. The Morgan fingerprint density at radius 2 is 1.88 bits per heavy atom.